The minimum absolute atomic E-state index is 0.141. The van der Waals surface area contributed by atoms with E-state index in [1.54, 1.807) is 0 Å². The number of amides is 1. The molecule has 0 aromatic heterocycles. The van der Waals surface area contributed by atoms with Crippen molar-refractivity contribution >= 4 is 5.91 Å². The summed E-state index contributed by atoms with van der Waals surface area (Å²) in [6.45, 7) is 2.20. The molecule has 3 rings (SSSR count). The number of benzene rings is 2. The van der Waals surface area contributed by atoms with E-state index in [4.69, 9.17) is 0 Å². The summed E-state index contributed by atoms with van der Waals surface area (Å²) in [7, 11) is 4.40. The Hall–Kier alpha value is -2.13. The van der Waals surface area contributed by atoms with Crippen LogP contribution in [0.15, 0.2) is 54.6 Å². The molecule has 0 spiro atoms. The average molecular weight is 365 g/mol. The summed E-state index contributed by atoms with van der Waals surface area (Å²) < 4.78 is 0. The normalized spacial score (nSPS) is 22.6. The fourth-order valence-corrected chi connectivity index (χ4v) is 4.30. The van der Waals surface area contributed by atoms with Gasteiger partial charge in [-0.3, -0.25) is 4.79 Å². The number of rotatable bonds is 6. The van der Waals surface area contributed by atoms with Gasteiger partial charge in [0, 0.05) is 11.6 Å². The number of likely N-dealkylation sites (N-methyl/N-ethyl adjacent to an activating group) is 1. The van der Waals surface area contributed by atoms with Crippen molar-refractivity contribution in [2.75, 3.05) is 14.1 Å². The van der Waals surface area contributed by atoms with Crippen molar-refractivity contribution in [2.45, 2.75) is 57.0 Å². The zero-order valence-corrected chi connectivity index (χ0v) is 16.9. The highest BCUT2D eigenvalue weighted by Crippen LogP contribution is 2.36. The van der Waals surface area contributed by atoms with E-state index in [9.17, 15) is 4.79 Å². The molecule has 0 bridgehead atoms. The third kappa shape index (κ3) is 4.98. The van der Waals surface area contributed by atoms with Crippen LogP contribution in [0.2, 0.25) is 0 Å². The SMILES string of the molecule is Cc1ccccc1CC1(N(C)C)CCC(NC(=O)Cc2ccccc2)CC1. The number of hydrogen-bond acceptors (Lipinski definition) is 2. The number of aryl methyl sites for hydroxylation is 1. The molecule has 3 nitrogen and oxygen atoms in total. The molecule has 0 unspecified atom stereocenters. The molecule has 0 saturated heterocycles. The summed E-state index contributed by atoms with van der Waals surface area (Å²) >= 11 is 0. The molecule has 27 heavy (non-hydrogen) atoms. The Balaban J connectivity index is 1.58. The maximum atomic E-state index is 12.4. The molecule has 2 aromatic rings. The van der Waals surface area contributed by atoms with Gasteiger partial charge in [0.2, 0.25) is 5.91 Å². The first-order valence-corrected chi connectivity index (χ1v) is 10.0. The zero-order chi connectivity index (χ0) is 19.3. The predicted octanol–water partition coefficient (Wildman–Crippen LogP) is 4.14. The van der Waals surface area contributed by atoms with Gasteiger partial charge in [-0.05, 0) is 69.8 Å². The first-order chi connectivity index (χ1) is 13.0. The summed E-state index contributed by atoms with van der Waals surface area (Å²) in [5, 5.41) is 3.26. The molecule has 1 aliphatic rings. The first-order valence-electron chi connectivity index (χ1n) is 10.0. The standard InChI is InChI=1S/C24H32N2O/c1-19-9-7-8-12-21(19)18-24(26(2)3)15-13-22(14-16-24)25-23(27)17-20-10-5-4-6-11-20/h4-12,22H,13-18H2,1-3H3,(H,25,27). The third-order valence-electron chi connectivity index (χ3n) is 6.22. The van der Waals surface area contributed by atoms with Crippen LogP contribution >= 0.6 is 0 Å². The van der Waals surface area contributed by atoms with Gasteiger partial charge in [0.05, 0.1) is 6.42 Å². The molecule has 0 atom stereocenters. The number of nitrogens with one attached hydrogen (secondary N) is 1. The fraction of sp³-hybridized carbons (Fsp3) is 0.458. The van der Waals surface area contributed by atoms with E-state index in [0.29, 0.717) is 12.5 Å². The Morgan fingerprint density at radius 1 is 1.04 bits per heavy atom. The van der Waals surface area contributed by atoms with Gasteiger partial charge in [-0.15, -0.1) is 0 Å². The maximum Gasteiger partial charge on any atom is 0.224 e. The number of carbonyl (C=O) groups excluding carboxylic acids is 1. The van der Waals surface area contributed by atoms with Crippen LogP contribution in [0.1, 0.15) is 42.4 Å². The lowest BCUT2D eigenvalue weighted by Crippen LogP contribution is -2.52. The summed E-state index contributed by atoms with van der Waals surface area (Å²) in [6.07, 6.45) is 5.88. The molecular formula is C24H32N2O. The predicted molar refractivity (Wildman–Crippen MR) is 112 cm³/mol. The van der Waals surface area contributed by atoms with E-state index in [1.165, 1.54) is 11.1 Å². The van der Waals surface area contributed by atoms with E-state index < -0.39 is 0 Å². The molecule has 1 fully saturated rings. The van der Waals surface area contributed by atoms with Crippen LogP contribution in [0.5, 0.6) is 0 Å². The summed E-state index contributed by atoms with van der Waals surface area (Å²) in [5.74, 6) is 0.141. The van der Waals surface area contributed by atoms with Gasteiger partial charge in [-0.2, -0.15) is 0 Å². The van der Waals surface area contributed by atoms with Crippen molar-refractivity contribution in [2.24, 2.45) is 0 Å². The summed E-state index contributed by atoms with van der Waals surface area (Å²) in [5.41, 5.74) is 4.08. The van der Waals surface area contributed by atoms with Gasteiger partial charge in [0.25, 0.3) is 0 Å². The Morgan fingerprint density at radius 2 is 1.67 bits per heavy atom. The van der Waals surface area contributed by atoms with E-state index in [1.807, 2.05) is 30.3 Å². The van der Waals surface area contributed by atoms with Gasteiger partial charge in [0.15, 0.2) is 0 Å². The lowest BCUT2D eigenvalue weighted by Gasteiger charge is -2.45. The van der Waals surface area contributed by atoms with Crippen LogP contribution < -0.4 is 5.32 Å². The highest BCUT2D eigenvalue weighted by molar-refractivity contribution is 5.78. The number of hydrogen-bond donors (Lipinski definition) is 1. The third-order valence-corrected chi connectivity index (χ3v) is 6.22. The molecule has 1 amide bonds. The largest absolute Gasteiger partial charge is 0.353 e. The zero-order valence-electron chi connectivity index (χ0n) is 16.9. The summed E-state index contributed by atoms with van der Waals surface area (Å²) in [4.78, 5) is 14.8. The quantitative estimate of drug-likeness (QED) is 0.835. The molecule has 2 aromatic carbocycles. The smallest absolute Gasteiger partial charge is 0.224 e. The van der Waals surface area contributed by atoms with Crippen LogP contribution in [0.3, 0.4) is 0 Å². The van der Waals surface area contributed by atoms with Crippen molar-refractivity contribution in [3.8, 4) is 0 Å². The van der Waals surface area contributed by atoms with Gasteiger partial charge in [-0.1, -0.05) is 54.6 Å². The van der Waals surface area contributed by atoms with Crippen LogP contribution in [-0.2, 0) is 17.6 Å². The van der Waals surface area contributed by atoms with Gasteiger partial charge >= 0.3 is 0 Å². The van der Waals surface area contributed by atoms with Crippen molar-refractivity contribution in [3.63, 3.8) is 0 Å². The molecule has 1 saturated carbocycles. The second kappa shape index (κ2) is 8.71. The van der Waals surface area contributed by atoms with Crippen LogP contribution in [0.4, 0.5) is 0 Å². The second-order valence-electron chi connectivity index (χ2n) is 8.23. The minimum Gasteiger partial charge on any atom is -0.353 e. The number of nitrogens with zero attached hydrogens (tertiary/aromatic N) is 1. The first kappa shape index (κ1) is 19.6. The molecule has 0 aliphatic heterocycles. The Kier molecular flexibility index (Phi) is 6.33. The Morgan fingerprint density at radius 3 is 2.30 bits per heavy atom. The second-order valence-corrected chi connectivity index (χ2v) is 8.23. The molecule has 144 valence electrons. The van der Waals surface area contributed by atoms with Crippen molar-refractivity contribution in [3.05, 3.63) is 71.3 Å². The van der Waals surface area contributed by atoms with E-state index in [2.05, 4.69) is 55.5 Å². The van der Waals surface area contributed by atoms with Crippen molar-refractivity contribution < 1.29 is 4.79 Å². The highest BCUT2D eigenvalue weighted by atomic mass is 16.1. The molecule has 0 heterocycles. The molecule has 3 heteroatoms. The van der Waals surface area contributed by atoms with Crippen LogP contribution in [0, 0.1) is 6.92 Å². The lowest BCUT2D eigenvalue weighted by molar-refractivity contribution is -0.121. The van der Waals surface area contributed by atoms with E-state index in [0.717, 1.165) is 37.7 Å². The minimum atomic E-state index is 0.141. The van der Waals surface area contributed by atoms with Gasteiger partial charge in [-0.25, -0.2) is 0 Å². The van der Waals surface area contributed by atoms with Crippen LogP contribution in [-0.4, -0.2) is 36.5 Å². The monoisotopic (exact) mass is 364 g/mol. The number of carbonyl (C=O) groups is 1. The van der Waals surface area contributed by atoms with Crippen molar-refractivity contribution in [1.29, 1.82) is 0 Å². The van der Waals surface area contributed by atoms with E-state index in [-0.39, 0.29) is 11.4 Å². The molecule has 0 radical (unpaired) electrons. The Bertz CT molecular complexity index is 746. The van der Waals surface area contributed by atoms with Gasteiger partial charge < -0.3 is 10.2 Å². The van der Waals surface area contributed by atoms with Gasteiger partial charge in [0.1, 0.15) is 0 Å². The maximum absolute atomic E-state index is 12.4. The topological polar surface area (TPSA) is 32.3 Å². The summed E-state index contributed by atoms with van der Waals surface area (Å²) in [6, 6.07) is 19.0. The molecular weight excluding hydrogens is 332 g/mol. The van der Waals surface area contributed by atoms with E-state index >= 15 is 0 Å². The van der Waals surface area contributed by atoms with Crippen LogP contribution in [0.25, 0.3) is 0 Å². The van der Waals surface area contributed by atoms with Crippen molar-refractivity contribution in [1.82, 2.24) is 10.2 Å². The molecule has 1 N–H and O–H groups in total. The average Bonchev–Trinajstić information content (AvgIpc) is 2.66. The fourth-order valence-electron chi connectivity index (χ4n) is 4.30. The molecule has 1 aliphatic carbocycles. The lowest BCUT2D eigenvalue weighted by atomic mass is 9.74. The highest BCUT2D eigenvalue weighted by Gasteiger charge is 2.37. The Labute approximate surface area is 163 Å².